The molecule has 2 aromatic heterocycles. The van der Waals surface area contributed by atoms with Crippen molar-refractivity contribution in [1.82, 2.24) is 9.88 Å². The SMILES string of the molecule is C=C(/C=C(\C(=C\c1ccccc1)n1c2ccccc2c2c3oc4ccccc4c3ccc21)c1ccccc1)C1=NC(c2ccc(-c3ccccc3)cc2)=NC(c2ccccc2)N1. The summed E-state index contributed by atoms with van der Waals surface area (Å²) in [6.45, 7) is 4.74. The van der Waals surface area contributed by atoms with Gasteiger partial charge in [0.2, 0.25) is 0 Å². The minimum absolute atomic E-state index is 0.374. The van der Waals surface area contributed by atoms with Crippen LogP contribution in [0.2, 0.25) is 0 Å². The Morgan fingerprint density at radius 2 is 1.18 bits per heavy atom. The van der Waals surface area contributed by atoms with Gasteiger partial charge in [0.05, 0.1) is 22.1 Å². The molecule has 0 bridgehead atoms. The second-order valence-corrected chi connectivity index (χ2v) is 15.5. The molecule has 0 spiro atoms. The number of furan rings is 1. The summed E-state index contributed by atoms with van der Waals surface area (Å²) in [4.78, 5) is 10.4. The maximum absolute atomic E-state index is 6.70. The molecule has 0 radical (unpaired) electrons. The van der Waals surface area contributed by atoms with Gasteiger partial charge in [-0.05, 0) is 64.2 Å². The summed E-state index contributed by atoms with van der Waals surface area (Å²) in [5, 5.41) is 8.04. The zero-order chi connectivity index (χ0) is 41.4. The Kier molecular flexibility index (Phi) is 9.32. The van der Waals surface area contributed by atoms with Crippen LogP contribution in [0.4, 0.5) is 0 Å². The Morgan fingerprint density at radius 1 is 0.565 bits per heavy atom. The number of nitrogens with one attached hydrogen (secondary N) is 1. The van der Waals surface area contributed by atoms with Crippen LogP contribution >= 0.6 is 0 Å². The second kappa shape index (κ2) is 15.7. The molecule has 294 valence electrons. The van der Waals surface area contributed by atoms with E-state index in [2.05, 4.69) is 192 Å². The highest BCUT2D eigenvalue weighted by Gasteiger charge is 2.25. The number of para-hydroxylation sites is 2. The number of amidine groups is 2. The van der Waals surface area contributed by atoms with Gasteiger partial charge in [-0.25, -0.2) is 9.98 Å². The molecule has 1 aliphatic heterocycles. The van der Waals surface area contributed by atoms with E-state index in [0.29, 0.717) is 11.7 Å². The van der Waals surface area contributed by atoms with Crippen LogP contribution in [0.3, 0.4) is 0 Å². The lowest BCUT2D eigenvalue weighted by Gasteiger charge is -2.24. The van der Waals surface area contributed by atoms with E-state index in [4.69, 9.17) is 21.0 Å². The predicted octanol–water partition coefficient (Wildman–Crippen LogP) is 14.1. The van der Waals surface area contributed by atoms with E-state index in [1.54, 1.807) is 0 Å². The van der Waals surface area contributed by atoms with Crippen LogP contribution < -0.4 is 5.32 Å². The maximum atomic E-state index is 6.70. The Balaban J connectivity index is 1.11. The van der Waals surface area contributed by atoms with Gasteiger partial charge in [0, 0.05) is 32.9 Å². The van der Waals surface area contributed by atoms with Gasteiger partial charge in [-0.1, -0.05) is 189 Å². The molecule has 0 fully saturated rings. The molecule has 5 nitrogen and oxygen atoms in total. The van der Waals surface area contributed by atoms with E-state index in [0.717, 1.165) is 94.0 Å². The van der Waals surface area contributed by atoms with Crippen molar-refractivity contribution in [3.8, 4) is 11.1 Å². The summed E-state index contributed by atoms with van der Waals surface area (Å²) in [5.41, 5.74) is 12.9. The number of aliphatic imine (C=N–C) groups is 2. The molecule has 1 aliphatic rings. The number of allylic oxidation sites excluding steroid dienone is 2. The van der Waals surface area contributed by atoms with Crippen LogP contribution in [0.25, 0.3) is 72.2 Å². The van der Waals surface area contributed by atoms with E-state index < -0.39 is 0 Å². The number of fused-ring (bicyclic) bond motifs is 7. The van der Waals surface area contributed by atoms with Crippen molar-refractivity contribution < 1.29 is 4.42 Å². The van der Waals surface area contributed by atoms with Crippen LogP contribution in [-0.2, 0) is 0 Å². The van der Waals surface area contributed by atoms with E-state index in [1.165, 1.54) is 0 Å². The molecule has 11 rings (SSSR count). The van der Waals surface area contributed by atoms with Gasteiger partial charge in [0.25, 0.3) is 0 Å². The maximum Gasteiger partial charge on any atom is 0.159 e. The van der Waals surface area contributed by atoms with Gasteiger partial charge in [0.1, 0.15) is 23.2 Å². The number of hydrogen-bond donors (Lipinski definition) is 1. The van der Waals surface area contributed by atoms with Crippen LogP contribution in [-0.4, -0.2) is 16.2 Å². The van der Waals surface area contributed by atoms with Crippen molar-refractivity contribution in [2.24, 2.45) is 9.98 Å². The summed E-state index contributed by atoms with van der Waals surface area (Å²) >= 11 is 0. The number of hydrogen-bond acceptors (Lipinski definition) is 4. The van der Waals surface area contributed by atoms with E-state index >= 15 is 0 Å². The first-order chi connectivity index (χ1) is 30.7. The summed E-state index contributed by atoms with van der Waals surface area (Å²) in [5.74, 6) is 1.29. The minimum Gasteiger partial charge on any atom is -0.455 e. The van der Waals surface area contributed by atoms with Gasteiger partial charge in [-0.15, -0.1) is 0 Å². The third-order valence-electron chi connectivity index (χ3n) is 11.6. The average Bonchev–Trinajstić information content (AvgIpc) is 3.89. The average molecular weight is 797 g/mol. The summed E-state index contributed by atoms with van der Waals surface area (Å²) in [6.07, 6.45) is 4.06. The Labute approximate surface area is 359 Å². The third kappa shape index (κ3) is 6.72. The monoisotopic (exact) mass is 796 g/mol. The number of benzene rings is 8. The Bertz CT molecular complexity index is 3410. The second-order valence-electron chi connectivity index (χ2n) is 15.5. The summed E-state index contributed by atoms with van der Waals surface area (Å²) < 4.78 is 9.07. The lowest BCUT2D eigenvalue weighted by molar-refractivity contribution is 0.673. The van der Waals surface area contributed by atoms with Crippen molar-refractivity contribution in [2.45, 2.75) is 6.17 Å². The minimum atomic E-state index is -0.374. The van der Waals surface area contributed by atoms with Crippen LogP contribution in [0.1, 0.15) is 28.4 Å². The lowest BCUT2D eigenvalue weighted by atomic mass is 9.97. The molecule has 10 aromatic rings. The zero-order valence-corrected chi connectivity index (χ0v) is 33.8. The molecular weight excluding hydrogens is 757 g/mol. The van der Waals surface area contributed by atoms with Gasteiger partial charge in [-0.3, -0.25) is 0 Å². The Morgan fingerprint density at radius 3 is 1.94 bits per heavy atom. The number of aromatic nitrogens is 1. The van der Waals surface area contributed by atoms with Gasteiger partial charge in [0.15, 0.2) is 5.84 Å². The summed E-state index contributed by atoms with van der Waals surface area (Å²) in [7, 11) is 0. The summed E-state index contributed by atoms with van der Waals surface area (Å²) in [6, 6.07) is 71.5. The molecule has 0 saturated heterocycles. The van der Waals surface area contributed by atoms with Crippen LogP contribution in [0, 0.1) is 0 Å². The molecule has 0 amide bonds. The fraction of sp³-hybridized carbons (Fsp3) is 0.0175. The van der Waals surface area contributed by atoms with Gasteiger partial charge < -0.3 is 14.3 Å². The van der Waals surface area contributed by atoms with E-state index in [9.17, 15) is 0 Å². The third-order valence-corrected chi connectivity index (χ3v) is 11.6. The molecule has 3 heterocycles. The molecule has 1 N–H and O–H groups in total. The molecule has 5 heteroatoms. The van der Waals surface area contributed by atoms with Crippen molar-refractivity contribution in [2.75, 3.05) is 0 Å². The van der Waals surface area contributed by atoms with Crippen molar-refractivity contribution in [1.29, 1.82) is 0 Å². The van der Waals surface area contributed by atoms with E-state index in [-0.39, 0.29) is 6.17 Å². The number of nitrogens with zero attached hydrogens (tertiary/aromatic N) is 3. The van der Waals surface area contributed by atoms with Gasteiger partial charge in [-0.2, -0.15) is 0 Å². The molecular formula is C57H40N4O. The standard InChI is InChI=1S/C57H40N4O/c1-38(55-58-56(43-24-12-5-13-25-43)60-57(59-55)44-32-30-41(31-33-44)40-20-8-3-9-21-40)36-48(42-22-10-4-11-23-42)51(37-39-18-6-2-7-19-39)61-49-28-16-14-27-47(49)53-50(61)35-34-46-45-26-15-17-29-52(45)62-54(46)53/h2-37,56H,1H2,(H,58,59,60)/b48-36-,51-37-. The largest absolute Gasteiger partial charge is 0.455 e. The Hall–Kier alpha value is -8.28. The molecule has 1 unspecified atom stereocenters. The predicted molar refractivity (Wildman–Crippen MR) is 259 cm³/mol. The molecule has 8 aromatic carbocycles. The highest BCUT2D eigenvalue weighted by Crippen LogP contribution is 2.43. The zero-order valence-electron chi connectivity index (χ0n) is 33.8. The van der Waals surface area contributed by atoms with Crippen LogP contribution in [0.5, 0.6) is 0 Å². The molecule has 1 atom stereocenters. The van der Waals surface area contributed by atoms with E-state index in [1.807, 2.05) is 36.4 Å². The van der Waals surface area contributed by atoms with Crippen molar-refractivity contribution in [3.05, 3.63) is 247 Å². The molecule has 0 aliphatic carbocycles. The first-order valence-electron chi connectivity index (χ1n) is 20.9. The quantitative estimate of drug-likeness (QED) is 0.148. The highest BCUT2D eigenvalue weighted by atomic mass is 16.3. The smallest absolute Gasteiger partial charge is 0.159 e. The van der Waals surface area contributed by atoms with Crippen molar-refractivity contribution in [3.63, 3.8) is 0 Å². The molecule has 0 saturated carbocycles. The molecule has 62 heavy (non-hydrogen) atoms. The first kappa shape index (κ1) is 36.8. The topological polar surface area (TPSA) is 54.8 Å². The lowest BCUT2D eigenvalue weighted by Crippen LogP contribution is -2.33. The fourth-order valence-corrected chi connectivity index (χ4v) is 8.62. The first-order valence-corrected chi connectivity index (χ1v) is 20.9. The van der Waals surface area contributed by atoms with Crippen LogP contribution in [0.15, 0.2) is 239 Å². The van der Waals surface area contributed by atoms with Gasteiger partial charge >= 0.3 is 0 Å². The highest BCUT2D eigenvalue weighted by molar-refractivity contribution is 6.26. The normalized spacial score (nSPS) is 14.5. The fourth-order valence-electron chi connectivity index (χ4n) is 8.62. The number of rotatable bonds is 9. The van der Waals surface area contributed by atoms with Crippen molar-refractivity contribution >= 4 is 72.8 Å².